The van der Waals surface area contributed by atoms with Crippen molar-refractivity contribution >= 4 is 17.7 Å². The minimum atomic E-state index is -0.204. The van der Waals surface area contributed by atoms with Gasteiger partial charge in [0, 0.05) is 11.8 Å². The Morgan fingerprint density at radius 3 is 2.63 bits per heavy atom. The third-order valence-corrected chi connectivity index (χ3v) is 4.79. The topological polar surface area (TPSA) is 56.8 Å². The molecule has 1 aliphatic heterocycles. The molecule has 0 bridgehead atoms. The molecular formula is C25H23NO4. The summed E-state index contributed by atoms with van der Waals surface area (Å²) in [5.74, 6) is 1.60. The van der Waals surface area contributed by atoms with Crippen molar-refractivity contribution in [1.29, 1.82) is 0 Å². The quantitative estimate of drug-likeness (QED) is 0.608. The molecule has 5 heteroatoms. The fraction of sp³-hybridized carbons (Fsp3) is 0.160. The van der Waals surface area contributed by atoms with Crippen molar-refractivity contribution in [3.63, 3.8) is 0 Å². The molecule has 1 heterocycles. The summed E-state index contributed by atoms with van der Waals surface area (Å²) < 4.78 is 16.6. The molecule has 30 heavy (non-hydrogen) atoms. The van der Waals surface area contributed by atoms with Crippen LogP contribution in [-0.2, 0) is 11.2 Å². The van der Waals surface area contributed by atoms with Gasteiger partial charge in [-0.25, -0.2) is 0 Å². The Hall–Kier alpha value is -3.73. The predicted octanol–water partition coefficient (Wildman–Crippen LogP) is 4.71. The molecule has 0 radical (unpaired) electrons. The standard InChI is InChI=1S/C25H23NO4/c1-28-22-16-19(17-23-25(22)30-14-13-29-23)11-12-24(27)26-21-10-6-5-9-20(21)15-18-7-3-2-4-8-18/h2-12,16-17H,13-15H2,1H3,(H,26,27). The van der Waals surface area contributed by atoms with Crippen LogP contribution in [0.4, 0.5) is 5.69 Å². The fourth-order valence-corrected chi connectivity index (χ4v) is 3.35. The smallest absolute Gasteiger partial charge is 0.248 e. The highest BCUT2D eigenvalue weighted by Gasteiger charge is 2.17. The van der Waals surface area contributed by atoms with E-state index in [1.807, 2.05) is 54.6 Å². The number of benzene rings is 3. The number of rotatable bonds is 6. The first-order chi connectivity index (χ1) is 14.7. The van der Waals surface area contributed by atoms with Crippen molar-refractivity contribution in [2.24, 2.45) is 0 Å². The molecule has 5 nitrogen and oxygen atoms in total. The third-order valence-electron chi connectivity index (χ3n) is 4.79. The van der Waals surface area contributed by atoms with Gasteiger partial charge in [0.05, 0.1) is 7.11 Å². The van der Waals surface area contributed by atoms with Gasteiger partial charge >= 0.3 is 0 Å². The summed E-state index contributed by atoms with van der Waals surface area (Å²) in [6.45, 7) is 0.978. The zero-order chi connectivity index (χ0) is 20.8. The van der Waals surface area contributed by atoms with Gasteiger partial charge in [-0.15, -0.1) is 0 Å². The van der Waals surface area contributed by atoms with Gasteiger partial charge in [0.2, 0.25) is 11.7 Å². The summed E-state index contributed by atoms with van der Waals surface area (Å²) in [5.41, 5.74) is 3.85. The molecule has 0 unspecified atom stereocenters. The Bertz CT molecular complexity index is 1040. The van der Waals surface area contributed by atoms with Crippen molar-refractivity contribution in [1.82, 2.24) is 0 Å². The Labute approximate surface area is 175 Å². The van der Waals surface area contributed by atoms with E-state index in [0.29, 0.717) is 30.5 Å². The predicted molar refractivity (Wildman–Crippen MR) is 117 cm³/mol. The van der Waals surface area contributed by atoms with Crippen molar-refractivity contribution in [3.05, 3.63) is 89.5 Å². The number of anilines is 1. The van der Waals surface area contributed by atoms with Crippen LogP contribution in [0.3, 0.4) is 0 Å². The minimum absolute atomic E-state index is 0.204. The van der Waals surface area contributed by atoms with Crippen LogP contribution in [0.5, 0.6) is 17.2 Å². The summed E-state index contributed by atoms with van der Waals surface area (Å²) in [6, 6.07) is 21.7. The molecule has 0 aromatic heterocycles. The maximum Gasteiger partial charge on any atom is 0.248 e. The van der Waals surface area contributed by atoms with Gasteiger partial charge in [0.25, 0.3) is 0 Å². The molecule has 0 spiro atoms. The van der Waals surface area contributed by atoms with Gasteiger partial charge in [-0.3, -0.25) is 4.79 Å². The van der Waals surface area contributed by atoms with Gasteiger partial charge in [0.15, 0.2) is 11.5 Å². The van der Waals surface area contributed by atoms with Crippen LogP contribution >= 0.6 is 0 Å². The molecule has 1 N–H and O–H groups in total. The number of carbonyl (C=O) groups is 1. The number of fused-ring (bicyclic) bond motifs is 1. The number of nitrogens with one attached hydrogen (secondary N) is 1. The maximum absolute atomic E-state index is 12.5. The van der Waals surface area contributed by atoms with Crippen LogP contribution in [0.25, 0.3) is 6.08 Å². The van der Waals surface area contributed by atoms with E-state index in [1.54, 1.807) is 13.2 Å². The summed E-state index contributed by atoms with van der Waals surface area (Å²) in [4.78, 5) is 12.5. The summed E-state index contributed by atoms with van der Waals surface area (Å²) >= 11 is 0. The van der Waals surface area contributed by atoms with Crippen molar-refractivity contribution in [2.75, 3.05) is 25.6 Å². The van der Waals surface area contributed by atoms with Crippen LogP contribution < -0.4 is 19.5 Å². The molecule has 152 valence electrons. The molecule has 3 aromatic carbocycles. The first-order valence-electron chi connectivity index (χ1n) is 9.81. The highest BCUT2D eigenvalue weighted by Crippen LogP contribution is 2.40. The lowest BCUT2D eigenvalue weighted by atomic mass is 10.0. The third kappa shape index (κ3) is 4.63. The number of hydrogen-bond donors (Lipinski definition) is 1. The number of carbonyl (C=O) groups excluding carboxylic acids is 1. The van der Waals surface area contributed by atoms with Gasteiger partial charge < -0.3 is 19.5 Å². The molecule has 0 atom stereocenters. The van der Waals surface area contributed by atoms with Crippen LogP contribution in [0.1, 0.15) is 16.7 Å². The van der Waals surface area contributed by atoms with E-state index in [1.165, 1.54) is 11.6 Å². The summed E-state index contributed by atoms with van der Waals surface area (Å²) in [7, 11) is 1.58. The Balaban J connectivity index is 1.48. The van der Waals surface area contributed by atoms with Crippen LogP contribution in [-0.4, -0.2) is 26.2 Å². The number of methoxy groups -OCH3 is 1. The monoisotopic (exact) mass is 401 g/mol. The number of amides is 1. The normalized spacial score (nSPS) is 12.6. The largest absolute Gasteiger partial charge is 0.493 e. The van der Waals surface area contributed by atoms with E-state index < -0.39 is 0 Å². The van der Waals surface area contributed by atoms with E-state index in [9.17, 15) is 4.79 Å². The fourth-order valence-electron chi connectivity index (χ4n) is 3.35. The van der Waals surface area contributed by atoms with Gasteiger partial charge in [-0.1, -0.05) is 48.5 Å². The number of para-hydroxylation sites is 1. The average molecular weight is 401 g/mol. The maximum atomic E-state index is 12.5. The van der Waals surface area contributed by atoms with Gasteiger partial charge in [-0.2, -0.15) is 0 Å². The second kappa shape index (κ2) is 9.18. The van der Waals surface area contributed by atoms with Crippen LogP contribution in [0, 0.1) is 0 Å². The molecule has 4 rings (SSSR count). The number of ether oxygens (including phenoxy) is 3. The molecule has 3 aromatic rings. The molecular weight excluding hydrogens is 378 g/mol. The second-order valence-electron chi connectivity index (χ2n) is 6.89. The molecule has 0 fully saturated rings. The van der Waals surface area contributed by atoms with Crippen LogP contribution in [0.2, 0.25) is 0 Å². The van der Waals surface area contributed by atoms with E-state index in [0.717, 1.165) is 23.2 Å². The lowest BCUT2D eigenvalue weighted by Crippen LogP contribution is -2.16. The minimum Gasteiger partial charge on any atom is -0.493 e. The Morgan fingerprint density at radius 2 is 1.80 bits per heavy atom. The van der Waals surface area contributed by atoms with Crippen LogP contribution in [0.15, 0.2) is 72.8 Å². The molecule has 1 aliphatic rings. The first-order valence-corrected chi connectivity index (χ1v) is 9.81. The van der Waals surface area contributed by atoms with Gasteiger partial charge in [-0.05, 0) is 47.4 Å². The number of hydrogen-bond acceptors (Lipinski definition) is 4. The van der Waals surface area contributed by atoms with Crippen molar-refractivity contribution in [3.8, 4) is 17.2 Å². The molecule has 0 saturated heterocycles. The second-order valence-corrected chi connectivity index (χ2v) is 6.89. The molecule has 1 amide bonds. The van der Waals surface area contributed by atoms with E-state index in [-0.39, 0.29) is 5.91 Å². The van der Waals surface area contributed by atoms with Gasteiger partial charge in [0.1, 0.15) is 13.2 Å². The van der Waals surface area contributed by atoms with E-state index in [2.05, 4.69) is 17.4 Å². The van der Waals surface area contributed by atoms with Crippen molar-refractivity contribution in [2.45, 2.75) is 6.42 Å². The SMILES string of the molecule is COc1cc(C=CC(=O)Nc2ccccc2Cc2ccccc2)cc2c1OCCO2. The Kier molecular flexibility index (Phi) is 5.99. The zero-order valence-electron chi connectivity index (χ0n) is 16.8. The van der Waals surface area contributed by atoms with Crippen molar-refractivity contribution < 1.29 is 19.0 Å². The van der Waals surface area contributed by atoms with E-state index >= 15 is 0 Å². The lowest BCUT2D eigenvalue weighted by molar-refractivity contribution is -0.111. The molecule has 0 saturated carbocycles. The zero-order valence-corrected chi connectivity index (χ0v) is 16.8. The summed E-state index contributed by atoms with van der Waals surface area (Å²) in [6.07, 6.45) is 3.99. The summed E-state index contributed by atoms with van der Waals surface area (Å²) in [5, 5.41) is 2.98. The Morgan fingerprint density at radius 1 is 1.03 bits per heavy atom. The highest BCUT2D eigenvalue weighted by atomic mass is 16.6. The molecule has 0 aliphatic carbocycles. The van der Waals surface area contributed by atoms with E-state index in [4.69, 9.17) is 14.2 Å². The highest BCUT2D eigenvalue weighted by molar-refractivity contribution is 6.02. The first kappa shape index (κ1) is 19.6. The lowest BCUT2D eigenvalue weighted by Gasteiger charge is -2.20. The average Bonchev–Trinajstić information content (AvgIpc) is 2.79.